The van der Waals surface area contributed by atoms with Crippen molar-refractivity contribution in [2.75, 3.05) is 6.54 Å². The van der Waals surface area contributed by atoms with Gasteiger partial charge in [0, 0.05) is 6.54 Å². The number of nitrogens with two attached hydrogens (primary N) is 2. The highest BCUT2D eigenvalue weighted by Crippen LogP contribution is 2.02. The SMILES string of the molecule is CC.Cc1ccc(CNCCC(C)N=C(N)N)cc1. The maximum absolute atomic E-state index is 5.31. The second-order valence-corrected chi connectivity index (χ2v) is 4.35. The Bertz CT molecular complexity index is 353. The van der Waals surface area contributed by atoms with Gasteiger partial charge in [0.25, 0.3) is 0 Å². The summed E-state index contributed by atoms with van der Waals surface area (Å²) < 4.78 is 0. The highest BCUT2D eigenvalue weighted by atomic mass is 15.0. The third-order valence-electron chi connectivity index (χ3n) is 2.56. The molecule has 0 heterocycles. The standard InChI is InChI=1S/C13H22N4.C2H6/c1-10-3-5-12(6-4-10)9-16-8-7-11(2)17-13(14)15;1-2/h3-6,11,16H,7-9H2,1-2H3,(H4,14,15,17);1-2H3. The predicted molar refractivity (Wildman–Crippen MR) is 84.1 cm³/mol. The van der Waals surface area contributed by atoms with Gasteiger partial charge in [0.2, 0.25) is 0 Å². The van der Waals surface area contributed by atoms with Gasteiger partial charge in [0.15, 0.2) is 5.96 Å². The normalized spacial score (nSPS) is 11.2. The zero-order valence-electron chi connectivity index (χ0n) is 12.6. The first-order chi connectivity index (χ1) is 9.08. The van der Waals surface area contributed by atoms with Crippen molar-refractivity contribution in [2.24, 2.45) is 16.5 Å². The van der Waals surface area contributed by atoms with Crippen LogP contribution in [0.4, 0.5) is 0 Å². The number of aryl methyl sites for hydroxylation is 1. The summed E-state index contributed by atoms with van der Waals surface area (Å²) in [5.74, 6) is 0.163. The molecule has 0 aliphatic heterocycles. The van der Waals surface area contributed by atoms with E-state index in [4.69, 9.17) is 11.5 Å². The molecule has 0 aliphatic carbocycles. The van der Waals surface area contributed by atoms with Crippen LogP contribution in [0.5, 0.6) is 0 Å². The fraction of sp³-hybridized carbons (Fsp3) is 0.533. The first-order valence-corrected chi connectivity index (χ1v) is 6.93. The van der Waals surface area contributed by atoms with Crippen molar-refractivity contribution in [3.8, 4) is 0 Å². The summed E-state index contributed by atoms with van der Waals surface area (Å²) in [6.45, 7) is 9.89. The third-order valence-corrected chi connectivity index (χ3v) is 2.56. The van der Waals surface area contributed by atoms with Crippen molar-refractivity contribution in [1.82, 2.24) is 5.32 Å². The van der Waals surface area contributed by atoms with Crippen LogP contribution in [-0.4, -0.2) is 18.5 Å². The second-order valence-electron chi connectivity index (χ2n) is 4.35. The number of rotatable bonds is 6. The molecule has 0 saturated heterocycles. The first-order valence-electron chi connectivity index (χ1n) is 6.93. The van der Waals surface area contributed by atoms with E-state index in [-0.39, 0.29) is 12.0 Å². The summed E-state index contributed by atoms with van der Waals surface area (Å²) in [7, 11) is 0. The molecule has 108 valence electrons. The maximum Gasteiger partial charge on any atom is 0.186 e. The van der Waals surface area contributed by atoms with Crippen molar-refractivity contribution in [2.45, 2.75) is 46.7 Å². The number of hydrogen-bond donors (Lipinski definition) is 3. The van der Waals surface area contributed by atoms with Crippen LogP contribution < -0.4 is 16.8 Å². The number of benzene rings is 1. The Balaban J connectivity index is 0.00000154. The van der Waals surface area contributed by atoms with E-state index < -0.39 is 0 Å². The quantitative estimate of drug-likeness (QED) is 0.418. The molecular formula is C15H28N4. The minimum absolute atomic E-state index is 0.163. The van der Waals surface area contributed by atoms with Crippen molar-refractivity contribution in [3.63, 3.8) is 0 Å². The third kappa shape index (κ3) is 9.08. The lowest BCUT2D eigenvalue weighted by Crippen LogP contribution is -2.26. The summed E-state index contributed by atoms with van der Waals surface area (Å²) in [6.07, 6.45) is 0.934. The zero-order valence-corrected chi connectivity index (χ0v) is 12.6. The lowest BCUT2D eigenvalue weighted by Gasteiger charge is -2.08. The van der Waals surface area contributed by atoms with Crippen LogP contribution in [0.3, 0.4) is 0 Å². The Labute approximate surface area is 117 Å². The summed E-state index contributed by atoms with van der Waals surface area (Å²) in [6, 6.07) is 8.70. The molecule has 1 aromatic carbocycles. The maximum atomic E-state index is 5.31. The first kappa shape index (κ1) is 17.4. The van der Waals surface area contributed by atoms with Gasteiger partial charge >= 0.3 is 0 Å². The van der Waals surface area contributed by atoms with Gasteiger partial charge in [0.05, 0.1) is 6.04 Å². The van der Waals surface area contributed by atoms with Crippen molar-refractivity contribution >= 4 is 5.96 Å². The van der Waals surface area contributed by atoms with Crippen LogP contribution in [0.15, 0.2) is 29.3 Å². The van der Waals surface area contributed by atoms with E-state index in [2.05, 4.69) is 41.5 Å². The van der Waals surface area contributed by atoms with E-state index in [1.165, 1.54) is 11.1 Å². The van der Waals surface area contributed by atoms with Gasteiger partial charge in [-0.15, -0.1) is 0 Å². The molecule has 0 spiro atoms. The molecular weight excluding hydrogens is 236 g/mol. The highest BCUT2D eigenvalue weighted by Gasteiger charge is 1.99. The predicted octanol–water partition coefficient (Wildman–Crippen LogP) is 2.16. The van der Waals surface area contributed by atoms with Crippen LogP contribution in [0.1, 0.15) is 38.3 Å². The van der Waals surface area contributed by atoms with Gasteiger partial charge < -0.3 is 16.8 Å². The second kappa shape index (κ2) is 10.4. The lowest BCUT2D eigenvalue weighted by molar-refractivity contribution is 0.590. The molecule has 0 fully saturated rings. The molecule has 0 saturated carbocycles. The molecule has 4 nitrogen and oxygen atoms in total. The molecule has 1 unspecified atom stereocenters. The molecule has 0 amide bonds. The van der Waals surface area contributed by atoms with E-state index >= 15 is 0 Å². The van der Waals surface area contributed by atoms with Crippen LogP contribution in [0.25, 0.3) is 0 Å². The number of nitrogens with zero attached hydrogens (tertiary/aromatic N) is 1. The fourth-order valence-electron chi connectivity index (χ4n) is 1.57. The van der Waals surface area contributed by atoms with Gasteiger partial charge in [0.1, 0.15) is 0 Å². The van der Waals surface area contributed by atoms with Gasteiger partial charge in [-0.1, -0.05) is 43.7 Å². The zero-order chi connectivity index (χ0) is 14.7. The Kier molecular flexibility index (Phi) is 9.53. The fourth-order valence-corrected chi connectivity index (χ4v) is 1.57. The monoisotopic (exact) mass is 264 g/mol. The largest absolute Gasteiger partial charge is 0.370 e. The Morgan fingerprint density at radius 3 is 2.32 bits per heavy atom. The van der Waals surface area contributed by atoms with E-state index in [9.17, 15) is 0 Å². The van der Waals surface area contributed by atoms with Crippen LogP contribution >= 0.6 is 0 Å². The summed E-state index contributed by atoms with van der Waals surface area (Å²) in [4.78, 5) is 4.07. The van der Waals surface area contributed by atoms with Crippen molar-refractivity contribution < 1.29 is 0 Å². The van der Waals surface area contributed by atoms with Crippen LogP contribution in [0.2, 0.25) is 0 Å². The minimum atomic E-state index is 0.163. The summed E-state index contributed by atoms with van der Waals surface area (Å²) in [5.41, 5.74) is 13.2. The lowest BCUT2D eigenvalue weighted by atomic mass is 10.1. The Morgan fingerprint density at radius 1 is 1.21 bits per heavy atom. The highest BCUT2D eigenvalue weighted by molar-refractivity contribution is 5.75. The summed E-state index contributed by atoms with van der Waals surface area (Å²) in [5, 5.41) is 3.37. The molecule has 5 N–H and O–H groups in total. The average Bonchev–Trinajstić information content (AvgIpc) is 2.38. The molecule has 4 heteroatoms. The molecule has 1 aromatic rings. The topological polar surface area (TPSA) is 76.4 Å². The van der Waals surface area contributed by atoms with Gasteiger partial charge in [-0.3, -0.25) is 4.99 Å². The van der Waals surface area contributed by atoms with E-state index in [1.807, 2.05) is 20.8 Å². The van der Waals surface area contributed by atoms with Crippen molar-refractivity contribution in [1.29, 1.82) is 0 Å². The summed E-state index contributed by atoms with van der Waals surface area (Å²) >= 11 is 0. The number of nitrogens with one attached hydrogen (secondary N) is 1. The number of hydrogen-bond acceptors (Lipinski definition) is 2. The molecule has 1 rings (SSSR count). The Morgan fingerprint density at radius 2 is 1.79 bits per heavy atom. The average molecular weight is 264 g/mol. The molecule has 0 bridgehead atoms. The van der Waals surface area contributed by atoms with Crippen molar-refractivity contribution in [3.05, 3.63) is 35.4 Å². The molecule has 1 atom stereocenters. The number of aliphatic imine (C=N–C) groups is 1. The molecule has 0 radical (unpaired) electrons. The molecule has 19 heavy (non-hydrogen) atoms. The molecule has 0 aromatic heterocycles. The van der Waals surface area contributed by atoms with Gasteiger partial charge in [-0.2, -0.15) is 0 Å². The molecule has 0 aliphatic rings. The van der Waals surface area contributed by atoms with Gasteiger partial charge in [-0.25, -0.2) is 0 Å². The number of guanidine groups is 1. The van der Waals surface area contributed by atoms with Crippen LogP contribution in [0, 0.1) is 6.92 Å². The van der Waals surface area contributed by atoms with E-state index in [1.54, 1.807) is 0 Å². The van der Waals surface area contributed by atoms with Gasteiger partial charge in [-0.05, 0) is 32.4 Å². The minimum Gasteiger partial charge on any atom is -0.370 e. The smallest absolute Gasteiger partial charge is 0.186 e. The van der Waals surface area contributed by atoms with Crippen LogP contribution in [-0.2, 0) is 6.54 Å². The van der Waals surface area contributed by atoms with E-state index in [0.29, 0.717) is 0 Å². The Hall–Kier alpha value is -1.55. The van der Waals surface area contributed by atoms with E-state index in [0.717, 1.165) is 19.5 Å².